The molecule has 0 aliphatic carbocycles. The SMILES string of the molecule is COc1ccc(-c2cc(=O)c3c(O)cc4c(c3o2)C(c2cccc(Cl)c2F)CC(=O)O4)cc1O. The number of halogens is 2. The summed E-state index contributed by atoms with van der Waals surface area (Å²) in [5.74, 6) is -2.62. The van der Waals surface area contributed by atoms with Crippen LogP contribution in [0, 0.1) is 5.82 Å². The van der Waals surface area contributed by atoms with Crippen LogP contribution in [0.15, 0.2) is 57.7 Å². The van der Waals surface area contributed by atoms with E-state index in [9.17, 15) is 24.2 Å². The van der Waals surface area contributed by atoms with Crippen molar-refractivity contribution in [2.24, 2.45) is 0 Å². The minimum Gasteiger partial charge on any atom is -0.507 e. The van der Waals surface area contributed by atoms with Gasteiger partial charge in [-0.15, -0.1) is 0 Å². The molecule has 1 aromatic heterocycles. The van der Waals surface area contributed by atoms with Gasteiger partial charge in [0.1, 0.15) is 34.0 Å². The maximum Gasteiger partial charge on any atom is 0.312 e. The molecule has 0 radical (unpaired) electrons. The first kappa shape index (κ1) is 21.8. The summed E-state index contributed by atoms with van der Waals surface area (Å²) >= 11 is 5.97. The van der Waals surface area contributed by atoms with E-state index in [1.54, 1.807) is 12.1 Å². The molecule has 1 aliphatic heterocycles. The number of carbonyl (C=O) groups excluding carboxylic acids is 1. The largest absolute Gasteiger partial charge is 0.507 e. The molecule has 0 amide bonds. The number of fused-ring (bicyclic) bond motifs is 3. The number of phenols is 2. The second kappa shape index (κ2) is 8.07. The summed E-state index contributed by atoms with van der Waals surface area (Å²) in [4.78, 5) is 25.3. The fourth-order valence-corrected chi connectivity index (χ4v) is 4.38. The van der Waals surface area contributed by atoms with Crippen LogP contribution in [0.1, 0.15) is 23.5 Å². The number of esters is 1. The highest BCUT2D eigenvalue weighted by atomic mass is 35.5. The number of rotatable bonds is 3. The van der Waals surface area contributed by atoms with E-state index < -0.39 is 28.9 Å². The minimum atomic E-state index is -0.888. The molecule has 0 spiro atoms. The van der Waals surface area contributed by atoms with Gasteiger partial charge in [0.25, 0.3) is 0 Å². The van der Waals surface area contributed by atoms with Crippen LogP contribution in [0.2, 0.25) is 5.02 Å². The Morgan fingerprint density at radius 2 is 1.88 bits per heavy atom. The minimum absolute atomic E-state index is 0.0523. The molecule has 1 atom stereocenters. The van der Waals surface area contributed by atoms with Crippen LogP contribution < -0.4 is 14.9 Å². The molecule has 3 aromatic carbocycles. The lowest BCUT2D eigenvalue weighted by atomic mass is 9.84. The number of aromatic hydroxyl groups is 2. The number of phenolic OH excluding ortho intramolecular Hbond substituents is 2. The van der Waals surface area contributed by atoms with Crippen LogP contribution in [0.5, 0.6) is 23.0 Å². The van der Waals surface area contributed by atoms with Crippen LogP contribution in [0.3, 0.4) is 0 Å². The van der Waals surface area contributed by atoms with E-state index in [0.29, 0.717) is 5.56 Å². The predicted octanol–water partition coefficient (Wildman–Crippen LogP) is 5.11. The maximum absolute atomic E-state index is 15.0. The molecular weight excluding hydrogens is 467 g/mol. The van der Waals surface area contributed by atoms with Gasteiger partial charge in [-0.3, -0.25) is 9.59 Å². The Morgan fingerprint density at radius 3 is 2.62 bits per heavy atom. The molecule has 34 heavy (non-hydrogen) atoms. The Balaban J connectivity index is 1.82. The Morgan fingerprint density at radius 1 is 1.09 bits per heavy atom. The summed E-state index contributed by atoms with van der Waals surface area (Å²) in [7, 11) is 1.40. The maximum atomic E-state index is 15.0. The van der Waals surface area contributed by atoms with Gasteiger partial charge in [-0.2, -0.15) is 0 Å². The number of carbonyl (C=O) groups is 1. The van der Waals surface area contributed by atoms with Crippen molar-refractivity contribution in [1.82, 2.24) is 0 Å². The predicted molar refractivity (Wildman–Crippen MR) is 121 cm³/mol. The van der Waals surface area contributed by atoms with E-state index in [0.717, 1.165) is 6.07 Å². The van der Waals surface area contributed by atoms with E-state index in [1.807, 2.05) is 0 Å². The lowest BCUT2D eigenvalue weighted by molar-refractivity contribution is -0.135. The molecule has 2 N–H and O–H groups in total. The first-order valence-corrected chi connectivity index (χ1v) is 10.5. The van der Waals surface area contributed by atoms with Crippen molar-refractivity contribution in [3.05, 3.63) is 80.7 Å². The third-order valence-corrected chi connectivity index (χ3v) is 6.04. The highest BCUT2D eigenvalue weighted by Gasteiger charge is 2.35. The number of benzene rings is 3. The normalized spacial score (nSPS) is 15.1. The fourth-order valence-electron chi connectivity index (χ4n) is 4.20. The molecule has 1 unspecified atom stereocenters. The molecule has 1 aliphatic rings. The zero-order valence-corrected chi connectivity index (χ0v) is 18.4. The third kappa shape index (κ3) is 3.43. The van der Waals surface area contributed by atoms with Gasteiger partial charge in [-0.1, -0.05) is 23.7 Å². The van der Waals surface area contributed by atoms with Gasteiger partial charge in [-0.25, -0.2) is 4.39 Å². The van der Waals surface area contributed by atoms with Crippen LogP contribution in [0.4, 0.5) is 4.39 Å². The van der Waals surface area contributed by atoms with E-state index in [4.69, 9.17) is 25.5 Å². The van der Waals surface area contributed by atoms with Gasteiger partial charge in [0.05, 0.1) is 18.6 Å². The summed E-state index contributed by atoms with van der Waals surface area (Å²) in [6, 6.07) is 11.1. The topological polar surface area (TPSA) is 106 Å². The van der Waals surface area contributed by atoms with Gasteiger partial charge in [0, 0.05) is 29.2 Å². The highest BCUT2D eigenvalue weighted by molar-refractivity contribution is 6.30. The number of methoxy groups -OCH3 is 1. The van der Waals surface area contributed by atoms with Crippen molar-refractivity contribution in [3.63, 3.8) is 0 Å². The summed E-state index contributed by atoms with van der Waals surface area (Å²) < 4.78 is 31.3. The van der Waals surface area contributed by atoms with Crippen molar-refractivity contribution in [2.75, 3.05) is 7.11 Å². The number of hydrogen-bond acceptors (Lipinski definition) is 7. The molecule has 9 heteroatoms. The van der Waals surface area contributed by atoms with Gasteiger partial charge < -0.3 is 24.1 Å². The van der Waals surface area contributed by atoms with Crippen molar-refractivity contribution < 1.29 is 33.3 Å². The second-order valence-corrected chi connectivity index (χ2v) is 8.15. The van der Waals surface area contributed by atoms with E-state index in [2.05, 4.69) is 0 Å². The average molecular weight is 483 g/mol. The molecule has 0 saturated heterocycles. The van der Waals surface area contributed by atoms with Crippen LogP contribution in [-0.4, -0.2) is 23.3 Å². The molecule has 4 aromatic rings. The zero-order valence-electron chi connectivity index (χ0n) is 17.6. The smallest absolute Gasteiger partial charge is 0.312 e. The van der Waals surface area contributed by atoms with Gasteiger partial charge in [0.2, 0.25) is 0 Å². The van der Waals surface area contributed by atoms with Gasteiger partial charge >= 0.3 is 5.97 Å². The average Bonchev–Trinajstić information content (AvgIpc) is 2.79. The van der Waals surface area contributed by atoms with Crippen LogP contribution in [0.25, 0.3) is 22.3 Å². The van der Waals surface area contributed by atoms with E-state index >= 15 is 0 Å². The first-order chi connectivity index (χ1) is 16.3. The summed E-state index contributed by atoms with van der Waals surface area (Å²) in [5.41, 5.74) is 0.0595. The molecular formula is C25H16ClFO7. The Hall–Kier alpha value is -4.04. The lowest BCUT2D eigenvalue weighted by Gasteiger charge is -2.26. The first-order valence-electron chi connectivity index (χ1n) is 10.1. The molecule has 0 saturated carbocycles. The van der Waals surface area contributed by atoms with Crippen LogP contribution in [-0.2, 0) is 4.79 Å². The third-order valence-electron chi connectivity index (χ3n) is 5.75. The molecule has 2 heterocycles. The van der Waals surface area contributed by atoms with Crippen molar-refractivity contribution >= 4 is 28.5 Å². The molecule has 0 fully saturated rings. The number of ether oxygens (including phenoxy) is 2. The van der Waals surface area contributed by atoms with Crippen molar-refractivity contribution in [3.8, 4) is 34.3 Å². The summed E-state index contributed by atoms with van der Waals surface area (Å²) in [6.07, 6.45) is -0.235. The highest BCUT2D eigenvalue weighted by Crippen LogP contribution is 2.47. The molecule has 5 rings (SSSR count). The second-order valence-electron chi connectivity index (χ2n) is 7.75. The number of hydrogen-bond donors (Lipinski definition) is 2. The standard InChI is InChI=1S/C25H16ClFO7/c1-32-18-6-5-11(7-15(18)28)19-9-16(29)23-17(30)10-20-22(25(23)34-19)13(8-21(31)33-20)12-3-2-4-14(26)24(12)27/h2-7,9-10,13,28,30H,8H2,1H3. The van der Waals surface area contributed by atoms with E-state index in [-0.39, 0.29) is 56.5 Å². The summed E-state index contributed by atoms with van der Waals surface area (Å²) in [5, 5.41) is 20.4. The van der Waals surface area contributed by atoms with Crippen molar-refractivity contribution in [2.45, 2.75) is 12.3 Å². The molecule has 172 valence electrons. The summed E-state index contributed by atoms with van der Waals surface area (Å²) in [6.45, 7) is 0. The van der Waals surface area contributed by atoms with Crippen molar-refractivity contribution in [1.29, 1.82) is 0 Å². The van der Waals surface area contributed by atoms with Gasteiger partial charge in [0.15, 0.2) is 16.9 Å². The fraction of sp³-hybridized carbons (Fsp3) is 0.120. The Bertz CT molecular complexity index is 1540. The quantitative estimate of drug-likeness (QED) is 0.308. The zero-order chi connectivity index (χ0) is 24.1. The molecule has 7 nitrogen and oxygen atoms in total. The lowest BCUT2D eigenvalue weighted by Crippen LogP contribution is -2.22. The van der Waals surface area contributed by atoms with Crippen LogP contribution >= 0.6 is 11.6 Å². The molecule has 0 bridgehead atoms. The van der Waals surface area contributed by atoms with Gasteiger partial charge in [-0.05, 0) is 29.8 Å². The Kier molecular flexibility index (Phi) is 5.17. The monoisotopic (exact) mass is 482 g/mol. The Labute approximate surface area is 196 Å². The van der Waals surface area contributed by atoms with E-state index in [1.165, 1.54) is 37.4 Å².